The molecule has 0 spiro atoms. The van der Waals surface area contributed by atoms with Crippen LogP contribution in [0.5, 0.6) is 5.75 Å². The first-order valence-corrected chi connectivity index (χ1v) is 8.11. The van der Waals surface area contributed by atoms with Crippen LogP contribution in [0.15, 0.2) is 42.5 Å². The third-order valence-electron chi connectivity index (χ3n) is 4.44. The molecule has 0 aliphatic heterocycles. The third-order valence-corrected chi connectivity index (χ3v) is 4.44. The number of halogens is 2. The van der Waals surface area contributed by atoms with Crippen LogP contribution in [0.1, 0.15) is 36.4 Å². The molecule has 1 aliphatic rings. The molecule has 3 atom stereocenters. The zero-order valence-corrected chi connectivity index (χ0v) is 13.7. The summed E-state index contributed by atoms with van der Waals surface area (Å²) in [5.41, 5.74) is 2.01. The van der Waals surface area contributed by atoms with Crippen LogP contribution in [-0.2, 0) is 4.79 Å². The summed E-state index contributed by atoms with van der Waals surface area (Å²) in [5, 5.41) is 12.4. The molecule has 2 aromatic carbocycles. The molecule has 0 fully saturated rings. The fourth-order valence-corrected chi connectivity index (χ4v) is 3.14. The summed E-state index contributed by atoms with van der Waals surface area (Å²) in [6.07, 6.45) is -0.260. The molecule has 0 unspecified atom stereocenters. The van der Waals surface area contributed by atoms with Gasteiger partial charge in [0.25, 0.3) is 5.91 Å². The quantitative estimate of drug-likeness (QED) is 0.874. The highest BCUT2D eigenvalue weighted by atomic mass is 19.2. The fraction of sp³-hybridized carbons (Fsp3) is 0.316. The molecule has 0 saturated heterocycles. The Balaban J connectivity index is 1.67. The molecule has 25 heavy (non-hydrogen) atoms. The molecule has 0 bridgehead atoms. The Morgan fingerprint density at radius 3 is 2.64 bits per heavy atom. The van der Waals surface area contributed by atoms with Gasteiger partial charge in [-0.15, -0.1) is 0 Å². The number of hydrogen-bond donors (Lipinski definition) is 2. The minimum absolute atomic E-state index is 0.0103. The van der Waals surface area contributed by atoms with Gasteiger partial charge in [0.15, 0.2) is 17.7 Å². The molecule has 0 saturated carbocycles. The van der Waals surface area contributed by atoms with Gasteiger partial charge >= 0.3 is 0 Å². The van der Waals surface area contributed by atoms with Gasteiger partial charge in [-0.3, -0.25) is 4.79 Å². The maximum atomic E-state index is 13.2. The van der Waals surface area contributed by atoms with Crippen LogP contribution in [0.25, 0.3) is 0 Å². The number of rotatable bonds is 5. The molecule has 3 rings (SSSR count). The monoisotopic (exact) mass is 347 g/mol. The van der Waals surface area contributed by atoms with Gasteiger partial charge in [-0.05, 0) is 36.6 Å². The van der Waals surface area contributed by atoms with E-state index in [4.69, 9.17) is 4.74 Å². The molecule has 1 amide bonds. The van der Waals surface area contributed by atoms with Gasteiger partial charge in [0, 0.05) is 12.0 Å². The van der Waals surface area contributed by atoms with Crippen LogP contribution in [0.2, 0.25) is 0 Å². The Kier molecular flexibility index (Phi) is 4.99. The van der Waals surface area contributed by atoms with Crippen molar-refractivity contribution in [3.8, 4) is 5.75 Å². The first-order chi connectivity index (χ1) is 12.0. The molecular weight excluding hydrogens is 328 g/mol. The second-order valence-electron chi connectivity index (χ2n) is 6.14. The number of nitrogens with one attached hydrogen (secondary N) is 1. The number of benzene rings is 2. The van der Waals surface area contributed by atoms with Crippen LogP contribution >= 0.6 is 0 Å². The highest BCUT2D eigenvalue weighted by Crippen LogP contribution is 2.39. The molecule has 132 valence electrons. The summed E-state index contributed by atoms with van der Waals surface area (Å²) in [5.74, 6) is -2.28. The van der Waals surface area contributed by atoms with Gasteiger partial charge in [-0.25, -0.2) is 8.78 Å². The highest BCUT2D eigenvalue weighted by Gasteiger charge is 2.32. The van der Waals surface area contributed by atoms with E-state index in [0.717, 1.165) is 23.3 Å². The number of hydrogen-bond acceptors (Lipinski definition) is 3. The number of ether oxygens (including phenoxy) is 1. The molecule has 0 aromatic heterocycles. The summed E-state index contributed by atoms with van der Waals surface area (Å²) in [6.45, 7) is 1.56. The van der Waals surface area contributed by atoms with E-state index in [1.807, 2.05) is 24.3 Å². The van der Waals surface area contributed by atoms with Crippen LogP contribution in [-0.4, -0.2) is 23.7 Å². The lowest BCUT2D eigenvalue weighted by molar-refractivity contribution is -0.128. The molecule has 0 heterocycles. The SMILES string of the molecule is C[C@H](Oc1ccc(F)c(F)c1)C(=O)N[C@@H]1C[C@@H](CO)c2ccccc21. The zero-order chi connectivity index (χ0) is 18.0. The van der Waals surface area contributed by atoms with Crippen molar-refractivity contribution in [1.82, 2.24) is 5.32 Å². The van der Waals surface area contributed by atoms with Crippen LogP contribution < -0.4 is 10.1 Å². The van der Waals surface area contributed by atoms with Crippen molar-refractivity contribution < 1.29 is 23.4 Å². The van der Waals surface area contributed by atoms with Gasteiger partial charge in [-0.1, -0.05) is 24.3 Å². The van der Waals surface area contributed by atoms with Gasteiger partial charge < -0.3 is 15.2 Å². The number of carbonyl (C=O) groups excluding carboxylic acids is 1. The number of amides is 1. The molecule has 1 aliphatic carbocycles. The average molecular weight is 347 g/mol. The normalized spacial score (nSPS) is 20.0. The first-order valence-electron chi connectivity index (χ1n) is 8.11. The lowest BCUT2D eigenvalue weighted by Gasteiger charge is -2.19. The number of aliphatic hydroxyl groups is 1. The van der Waals surface area contributed by atoms with Crippen molar-refractivity contribution in [2.45, 2.75) is 31.4 Å². The highest BCUT2D eigenvalue weighted by molar-refractivity contribution is 5.81. The lowest BCUT2D eigenvalue weighted by atomic mass is 10.0. The number of aliphatic hydroxyl groups excluding tert-OH is 1. The largest absolute Gasteiger partial charge is 0.481 e. The molecule has 2 N–H and O–H groups in total. The van der Waals surface area contributed by atoms with E-state index in [9.17, 15) is 18.7 Å². The molecule has 4 nitrogen and oxygen atoms in total. The second kappa shape index (κ2) is 7.19. The standard InChI is InChI=1S/C19H19F2NO3/c1-11(25-13-6-7-16(20)17(21)9-13)19(24)22-18-8-12(10-23)14-4-2-3-5-15(14)18/h2-7,9,11-12,18,23H,8,10H2,1H3,(H,22,24)/t11-,12-,18+/m0/s1. The summed E-state index contributed by atoms with van der Waals surface area (Å²) in [6, 6.07) is 10.6. The molecular formula is C19H19F2NO3. The topological polar surface area (TPSA) is 58.6 Å². The Labute approximate surface area is 144 Å². The summed E-state index contributed by atoms with van der Waals surface area (Å²) in [7, 11) is 0. The van der Waals surface area contributed by atoms with Crippen molar-refractivity contribution >= 4 is 5.91 Å². The van der Waals surface area contributed by atoms with Crippen molar-refractivity contribution in [3.05, 3.63) is 65.2 Å². The summed E-state index contributed by atoms with van der Waals surface area (Å²) in [4.78, 5) is 12.4. The van der Waals surface area contributed by atoms with Crippen molar-refractivity contribution in [2.75, 3.05) is 6.61 Å². The van der Waals surface area contributed by atoms with Crippen molar-refractivity contribution in [3.63, 3.8) is 0 Å². The minimum Gasteiger partial charge on any atom is -0.481 e. The van der Waals surface area contributed by atoms with E-state index in [-0.39, 0.29) is 30.2 Å². The number of fused-ring (bicyclic) bond motifs is 1. The minimum atomic E-state index is -1.03. The van der Waals surface area contributed by atoms with E-state index < -0.39 is 17.7 Å². The Morgan fingerprint density at radius 1 is 1.24 bits per heavy atom. The van der Waals surface area contributed by atoms with Crippen molar-refractivity contribution in [2.24, 2.45) is 0 Å². The average Bonchev–Trinajstić information content (AvgIpc) is 2.96. The van der Waals surface area contributed by atoms with Gasteiger partial charge in [0.1, 0.15) is 5.75 Å². The molecule has 6 heteroatoms. The van der Waals surface area contributed by atoms with Gasteiger partial charge in [0.05, 0.1) is 12.6 Å². The van der Waals surface area contributed by atoms with E-state index in [0.29, 0.717) is 6.42 Å². The first kappa shape index (κ1) is 17.4. The predicted octanol–water partition coefficient (Wildman–Crippen LogP) is 3.07. The molecule has 2 aromatic rings. The van der Waals surface area contributed by atoms with Crippen LogP contribution in [0, 0.1) is 11.6 Å². The van der Waals surface area contributed by atoms with Crippen LogP contribution in [0.3, 0.4) is 0 Å². The summed E-state index contributed by atoms with van der Waals surface area (Å²) < 4.78 is 31.6. The predicted molar refractivity (Wildman–Crippen MR) is 88.2 cm³/mol. The van der Waals surface area contributed by atoms with E-state index >= 15 is 0 Å². The Morgan fingerprint density at radius 2 is 1.96 bits per heavy atom. The maximum Gasteiger partial charge on any atom is 0.261 e. The lowest BCUT2D eigenvalue weighted by Crippen LogP contribution is -2.38. The third kappa shape index (κ3) is 3.64. The Bertz CT molecular complexity index is 781. The Hall–Kier alpha value is -2.47. The van der Waals surface area contributed by atoms with E-state index in [2.05, 4.69) is 5.32 Å². The molecule has 0 radical (unpaired) electrons. The van der Waals surface area contributed by atoms with Crippen LogP contribution in [0.4, 0.5) is 8.78 Å². The number of carbonyl (C=O) groups is 1. The van der Waals surface area contributed by atoms with Crippen molar-refractivity contribution in [1.29, 1.82) is 0 Å². The van der Waals surface area contributed by atoms with Gasteiger partial charge in [-0.2, -0.15) is 0 Å². The second-order valence-corrected chi connectivity index (χ2v) is 6.14. The van der Waals surface area contributed by atoms with E-state index in [1.165, 1.54) is 6.07 Å². The fourth-order valence-electron chi connectivity index (χ4n) is 3.14. The smallest absolute Gasteiger partial charge is 0.261 e. The van der Waals surface area contributed by atoms with Gasteiger partial charge in [0.2, 0.25) is 0 Å². The zero-order valence-electron chi connectivity index (χ0n) is 13.7. The maximum absolute atomic E-state index is 13.2. The van der Waals surface area contributed by atoms with E-state index in [1.54, 1.807) is 6.92 Å². The summed E-state index contributed by atoms with van der Waals surface area (Å²) >= 11 is 0.